The first-order valence-corrected chi connectivity index (χ1v) is 10.2. The summed E-state index contributed by atoms with van der Waals surface area (Å²) >= 11 is 0. The van der Waals surface area contributed by atoms with Crippen molar-refractivity contribution in [1.29, 1.82) is 0 Å². The summed E-state index contributed by atoms with van der Waals surface area (Å²) in [5.74, 6) is 2.43. The molecule has 2 aromatic carbocycles. The fraction of sp³-hybridized carbons (Fsp3) is 0.348. The summed E-state index contributed by atoms with van der Waals surface area (Å²) in [7, 11) is 0. The Morgan fingerprint density at radius 1 is 0.828 bits per heavy atom. The highest BCUT2D eigenvalue weighted by molar-refractivity contribution is 5.79. The van der Waals surface area contributed by atoms with Gasteiger partial charge in [-0.25, -0.2) is 4.68 Å². The molecule has 1 aliphatic rings. The van der Waals surface area contributed by atoms with Crippen molar-refractivity contribution in [3.05, 3.63) is 72.3 Å². The van der Waals surface area contributed by atoms with E-state index in [-0.39, 0.29) is 0 Å². The molecule has 0 saturated heterocycles. The van der Waals surface area contributed by atoms with E-state index in [2.05, 4.69) is 39.6 Å². The molecular formula is C23H26N4O2. The van der Waals surface area contributed by atoms with Crippen molar-refractivity contribution in [2.24, 2.45) is 5.10 Å². The summed E-state index contributed by atoms with van der Waals surface area (Å²) < 4.78 is 13.1. The Hall–Kier alpha value is -3.15. The molecule has 0 amide bonds. The van der Waals surface area contributed by atoms with Crippen molar-refractivity contribution in [2.75, 3.05) is 13.2 Å². The van der Waals surface area contributed by atoms with E-state index in [1.807, 2.05) is 24.3 Å². The fourth-order valence-electron chi connectivity index (χ4n) is 3.63. The van der Waals surface area contributed by atoms with Crippen molar-refractivity contribution in [1.82, 2.24) is 14.9 Å². The molecule has 0 spiro atoms. The van der Waals surface area contributed by atoms with Crippen LogP contribution in [0, 0.1) is 0 Å². The molecule has 0 N–H and O–H groups in total. The molecule has 29 heavy (non-hydrogen) atoms. The van der Waals surface area contributed by atoms with E-state index in [4.69, 9.17) is 9.47 Å². The molecule has 1 aromatic heterocycles. The van der Waals surface area contributed by atoms with Crippen molar-refractivity contribution in [3.8, 4) is 11.5 Å². The van der Waals surface area contributed by atoms with Crippen LogP contribution in [0.3, 0.4) is 0 Å². The normalized spacial score (nSPS) is 14.9. The first-order chi connectivity index (χ1) is 14.4. The molecule has 1 fully saturated rings. The first kappa shape index (κ1) is 19.2. The highest BCUT2D eigenvalue weighted by Gasteiger charge is 2.15. The summed E-state index contributed by atoms with van der Waals surface area (Å²) in [6, 6.07) is 16.3. The summed E-state index contributed by atoms with van der Waals surface area (Å²) in [5, 5.41) is 11.6. The Labute approximate surface area is 171 Å². The van der Waals surface area contributed by atoms with E-state index in [1.54, 1.807) is 10.9 Å². The molecular weight excluding hydrogens is 364 g/mol. The lowest BCUT2D eigenvalue weighted by Crippen LogP contribution is -2.09. The Morgan fingerprint density at radius 2 is 1.41 bits per heavy atom. The summed E-state index contributed by atoms with van der Waals surface area (Å²) in [6.45, 7) is 1.01. The predicted octanol–water partition coefficient (Wildman–Crippen LogP) is 4.67. The zero-order valence-electron chi connectivity index (χ0n) is 16.5. The van der Waals surface area contributed by atoms with Crippen LogP contribution in [0.25, 0.3) is 0 Å². The van der Waals surface area contributed by atoms with E-state index in [0.29, 0.717) is 13.2 Å². The van der Waals surface area contributed by atoms with E-state index < -0.39 is 0 Å². The van der Waals surface area contributed by atoms with Crippen LogP contribution in [0.15, 0.2) is 66.3 Å². The third kappa shape index (κ3) is 5.67. The van der Waals surface area contributed by atoms with E-state index in [0.717, 1.165) is 23.0 Å². The maximum atomic E-state index is 5.81. The predicted molar refractivity (Wildman–Crippen MR) is 113 cm³/mol. The van der Waals surface area contributed by atoms with Gasteiger partial charge < -0.3 is 9.47 Å². The maximum Gasteiger partial charge on any atom is 0.141 e. The molecule has 1 aliphatic carbocycles. The summed E-state index contributed by atoms with van der Waals surface area (Å²) in [4.78, 5) is 0. The molecule has 6 heteroatoms. The first-order valence-electron chi connectivity index (χ1n) is 10.2. The van der Waals surface area contributed by atoms with Crippen LogP contribution in [0.5, 0.6) is 11.5 Å². The second-order valence-corrected chi connectivity index (χ2v) is 7.26. The number of hydrogen-bond acceptors (Lipinski definition) is 5. The van der Waals surface area contributed by atoms with Gasteiger partial charge in [0.1, 0.15) is 37.4 Å². The Bertz CT molecular complexity index is 884. The zero-order chi connectivity index (χ0) is 19.7. The molecule has 1 saturated carbocycles. The Kier molecular flexibility index (Phi) is 6.53. The van der Waals surface area contributed by atoms with Crippen molar-refractivity contribution in [3.63, 3.8) is 0 Å². The van der Waals surface area contributed by atoms with Gasteiger partial charge in [0.05, 0.1) is 6.21 Å². The maximum absolute atomic E-state index is 5.81. The average Bonchev–Trinajstić information content (AvgIpc) is 3.31. The van der Waals surface area contributed by atoms with Crippen LogP contribution in [0.2, 0.25) is 0 Å². The second kappa shape index (κ2) is 9.87. The highest BCUT2D eigenvalue weighted by Crippen LogP contribution is 2.33. The number of rotatable bonds is 8. The van der Waals surface area contributed by atoms with Gasteiger partial charge in [-0.2, -0.15) is 5.10 Å². The zero-order valence-corrected chi connectivity index (χ0v) is 16.5. The average molecular weight is 390 g/mol. The molecule has 0 aliphatic heterocycles. The molecule has 6 nitrogen and oxygen atoms in total. The minimum atomic E-state index is 0.499. The summed E-state index contributed by atoms with van der Waals surface area (Å²) in [6.07, 6.45) is 11.6. The third-order valence-corrected chi connectivity index (χ3v) is 5.20. The monoisotopic (exact) mass is 390 g/mol. The van der Waals surface area contributed by atoms with E-state index in [1.165, 1.54) is 50.3 Å². The second-order valence-electron chi connectivity index (χ2n) is 7.26. The van der Waals surface area contributed by atoms with Crippen LogP contribution < -0.4 is 9.47 Å². The van der Waals surface area contributed by atoms with Crippen LogP contribution in [-0.2, 0) is 0 Å². The molecule has 3 aromatic rings. The lowest BCUT2D eigenvalue weighted by atomic mass is 9.84. The van der Waals surface area contributed by atoms with Gasteiger partial charge >= 0.3 is 0 Å². The molecule has 0 unspecified atom stereocenters. The van der Waals surface area contributed by atoms with Crippen LogP contribution in [0.4, 0.5) is 0 Å². The largest absolute Gasteiger partial charge is 0.490 e. The third-order valence-electron chi connectivity index (χ3n) is 5.20. The van der Waals surface area contributed by atoms with Crippen LogP contribution in [0.1, 0.15) is 49.1 Å². The number of benzene rings is 2. The SMILES string of the molecule is C(=N/n1cnnc1)/c1ccc(OCCOc2ccc(C3CCCCC3)cc2)cc1. The number of hydrogen-bond donors (Lipinski definition) is 0. The molecule has 0 bridgehead atoms. The van der Waals surface area contributed by atoms with Gasteiger partial charge in [-0.15, -0.1) is 10.2 Å². The van der Waals surface area contributed by atoms with Crippen molar-refractivity contribution >= 4 is 6.21 Å². The summed E-state index contributed by atoms with van der Waals surface area (Å²) in [5.41, 5.74) is 2.42. The van der Waals surface area contributed by atoms with Crippen molar-refractivity contribution in [2.45, 2.75) is 38.0 Å². The molecule has 0 radical (unpaired) electrons. The van der Waals surface area contributed by atoms with E-state index >= 15 is 0 Å². The number of aromatic nitrogens is 3. The van der Waals surface area contributed by atoms with Gasteiger partial charge in [-0.05, 0) is 66.3 Å². The quantitative estimate of drug-likeness (QED) is 0.414. The number of nitrogens with zero attached hydrogens (tertiary/aromatic N) is 4. The molecule has 4 rings (SSSR count). The van der Waals surface area contributed by atoms with Crippen molar-refractivity contribution < 1.29 is 9.47 Å². The standard InChI is InChI=1S/C23H26N4O2/c1-2-4-20(5-3-1)21-8-12-23(13-9-21)29-15-14-28-22-10-6-19(7-11-22)16-26-27-17-24-25-18-27/h6-13,16-18,20H,1-5,14-15H2/b26-16-. The molecule has 0 atom stereocenters. The van der Waals surface area contributed by atoms with Gasteiger partial charge in [-0.1, -0.05) is 31.4 Å². The van der Waals surface area contributed by atoms with Gasteiger partial charge in [0.25, 0.3) is 0 Å². The van der Waals surface area contributed by atoms with Crippen LogP contribution in [-0.4, -0.2) is 34.3 Å². The molecule has 1 heterocycles. The van der Waals surface area contributed by atoms with Crippen LogP contribution >= 0.6 is 0 Å². The molecule has 150 valence electrons. The lowest BCUT2D eigenvalue weighted by molar-refractivity contribution is 0.217. The Balaban J connectivity index is 1.19. The van der Waals surface area contributed by atoms with Gasteiger partial charge in [0.15, 0.2) is 0 Å². The minimum Gasteiger partial charge on any atom is -0.490 e. The van der Waals surface area contributed by atoms with E-state index in [9.17, 15) is 0 Å². The van der Waals surface area contributed by atoms with Gasteiger partial charge in [-0.3, -0.25) is 0 Å². The smallest absolute Gasteiger partial charge is 0.141 e. The lowest BCUT2D eigenvalue weighted by Gasteiger charge is -2.22. The minimum absolute atomic E-state index is 0.499. The van der Waals surface area contributed by atoms with Gasteiger partial charge in [0, 0.05) is 0 Å². The topological polar surface area (TPSA) is 61.5 Å². The highest BCUT2D eigenvalue weighted by atomic mass is 16.5. The van der Waals surface area contributed by atoms with Gasteiger partial charge in [0.2, 0.25) is 0 Å². The fourth-order valence-corrected chi connectivity index (χ4v) is 3.63. The Morgan fingerprint density at radius 3 is 2.03 bits per heavy atom. The number of ether oxygens (including phenoxy) is 2.